The van der Waals surface area contributed by atoms with Crippen molar-refractivity contribution in [2.45, 2.75) is 80.1 Å². The average Bonchev–Trinajstić information content (AvgIpc) is 2.70. The van der Waals surface area contributed by atoms with Crippen LogP contribution < -0.4 is 16.0 Å². The molecule has 0 fully saturated rings. The van der Waals surface area contributed by atoms with Gasteiger partial charge in [0.25, 0.3) is 0 Å². The number of carbonyl (C=O) groups is 3. The van der Waals surface area contributed by atoms with Crippen molar-refractivity contribution in [1.82, 2.24) is 10.6 Å². The molecule has 3 amide bonds. The van der Waals surface area contributed by atoms with Gasteiger partial charge in [-0.15, -0.1) is 0 Å². The van der Waals surface area contributed by atoms with Gasteiger partial charge < -0.3 is 25.8 Å². The largest absolute Gasteiger partial charge is 0.444 e. The first-order valence-corrected chi connectivity index (χ1v) is 11.2. The molecule has 9 heteroatoms. The van der Waals surface area contributed by atoms with Crippen LogP contribution >= 0.6 is 11.6 Å². The van der Waals surface area contributed by atoms with Crippen LogP contribution in [0.4, 0.5) is 10.5 Å². The summed E-state index contributed by atoms with van der Waals surface area (Å²) < 4.78 is 5.19. The molecule has 0 heterocycles. The number of benzene rings is 1. The molecule has 0 aromatic heterocycles. The second-order valence-electron chi connectivity index (χ2n) is 8.25. The molecule has 0 bridgehead atoms. The van der Waals surface area contributed by atoms with Crippen LogP contribution in [0.1, 0.15) is 66.5 Å². The topological polar surface area (TPSA) is 117 Å². The molecule has 4 N–H and O–H groups in total. The number of aryl methyl sites for hydroxylation is 1. The van der Waals surface area contributed by atoms with Crippen LogP contribution in [0.2, 0.25) is 5.02 Å². The molecule has 182 valence electrons. The third kappa shape index (κ3) is 10.3. The van der Waals surface area contributed by atoms with E-state index in [9.17, 15) is 19.5 Å². The highest BCUT2D eigenvalue weighted by atomic mass is 35.5. The maximum Gasteiger partial charge on any atom is 0.408 e. The second kappa shape index (κ2) is 14.0. The molecule has 32 heavy (non-hydrogen) atoms. The van der Waals surface area contributed by atoms with Crippen molar-refractivity contribution in [3.8, 4) is 0 Å². The Kier molecular flexibility index (Phi) is 12.9. The summed E-state index contributed by atoms with van der Waals surface area (Å²) >= 11 is 6.11. The fourth-order valence-electron chi connectivity index (χ4n) is 2.64. The molecule has 8 nitrogen and oxygen atoms in total. The number of rotatable bonds is 8. The minimum atomic E-state index is -0.850. The highest BCUT2D eigenvalue weighted by Gasteiger charge is 2.27. The molecule has 1 aromatic rings. The number of anilines is 1. The van der Waals surface area contributed by atoms with E-state index in [1.165, 1.54) is 0 Å². The Bertz CT molecular complexity index is 776. The van der Waals surface area contributed by atoms with E-state index in [-0.39, 0.29) is 19.1 Å². The van der Waals surface area contributed by atoms with Crippen LogP contribution in [0.15, 0.2) is 12.1 Å². The lowest BCUT2D eigenvalue weighted by molar-refractivity contribution is -0.126. The van der Waals surface area contributed by atoms with Gasteiger partial charge in [-0.25, -0.2) is 4.79 Å². The quantitative estimate of drug-likeness (QED) is 0.456. The van der Waals surface area contributed by atoms with Crippen LogP contribution in [0.5, 0.6) is 0 Å². The smallest absolute Gasteiger partial charge is 0.408 e. The highest BCUT2D eigenvalue weighted by Crippen LogP contribution is 2.26. The lowest BCUT2D eigenvalue weighted by atomic mass is 10.0. The molecule has 1 rings (SSSR count). The minimum Gasteiger partial charge on any atom is -0.444 e. The van der Waals surface area contributed by atoms with Crippen molar-refractivity contribution in [1.29, 1.82) is 0 Å². The van der Waals surface area contributed by atoms with Gasteiger partial charge in [0.1, 0.15) is 11.6 Å². The predicted octanol–water partition coefficient (Wildman–Crippen LogP) is 4.02. The van der Waals surface area contributed by atoms with Crippen molar-refractivity contribution < 1.29 is 24.2 Å². The van der Waals surface area contributed by atoms with Gasteiger partial charge in [-0.3, -0.25) is 9.59 Å². The first-order chi connectivity index (χ1) is 14.9. The number of alkyl carbamates (subject to hydrolysis) is 1. The second-order valence-corrected chi connectivity index (χ2v) is 8.65. The summed E-state index contributed by atoms with van der Waals surface area (Å²) in [5, 5.41) is 17.5. The molecule has 0 aliphatic carbocycles. The van der Waals surface area contributed by atoms with Gasteiger partial charge in [-0.1, -0.05) is 46.2 Å². The van der Waals surface area contributed by atoms with Gasteiger partial charge in [-0.05, 0) is 56.4 Å². The van der Waals surface area contributed by atoms with E-state index < -0.39 is 29.6 Å². The third-order valence-electron chi connectivity index (χ3n) is 4.14. The zero-order valence-electron chi connectivity index (χ0n) is 20.4. The Balaban J connectivity index is 0.00000466. The number of nitrogens with one attached hydrogen (secondary N) is 3. The normalized spacial score (nSPS) is 11.7. The van der Waals surface area contributed by atoms with Gasteiger partial charge in [-0.2, -0.15) is 0 Å². The fourth-order valence-corrected chi connectivity index (χ4v) is 2.86. The molecule has 1 atom stereocenters. The van der Waals surface area contributed by atoms with Crippen molar-refractivity contribution in [2.24, 2.45) is 5.92 Å². The van der Waals surface area contributed by atoms with Crippen molar-refractivity contribution in [3.05, 3.63) is 28.3 Å². The lowest BCUT2D eigenvalue weighted by Gasteiger charge is -2.25. The number of hydrogen-bond acceptors (Lipinski definition) is 5. The Hall–Kier alpha value is -2.32. The number of hydrogen-bond donors (Lipinski definition) is 4. The van der Waals surface area contributed by atoms with Crippen LogP contribution in [-0.4, -0.2) is 41.2 Å². The molecule has 0 aliphatic rings. The van der Waals surface area contributed by atoms with Crippen LogP contribution in [-0.2, 0) is 27.4 Å². The predicted molar refractivity (Wildman–Crippen MR) is 128 cm³/mol. The summed E-state index contributed by atoms with van der Waals surface area (Å²) in [5.74, 6) is -1.14. The van der Waals surface area contributed by atoms with E-state index in [0.717, 1.165) is 5.56 Å². The van der Waals surface area contributed by atoms with Gasteiger partial charge in [0.05, 0.1) is 13.2 Å². The van der Waals surface area contributed by atoms with Crippen LogP contribution in [0.25, 0.3) is 0 Å². The number of carbonyl (C=O) groups excluding carboxylic acids is 3. The van der Waals surface area contributed by atoms with Crippen molar-refractivity contribution in [3.63, 3.8) is 0 Å². The summed E-state index contributed by atoms with van der Waals surface area (Å²) in [7, 11) is 0. The summed E-state index contributed by atoms with van der Waals surface area (Å²) in [6, 6.07) is 2.46. The highest BCUT2D eigenvalue weighted by molar-refractivity contribution is 6.31. The molecule has 0 spiro atoms. The Morgan fingerprint density at radius 2 is 1.72 bits per heavy atom. The molecule has 1 aromatic carbocycles. The lowest BCUT2D eigenvalue weighted by Crippen LogP contribution is -2.52. The third-order valence-corrected chi connectivity index (χ3v) is 4.49. The summed E-state index contributed by atoms with van der Waals surface area (Å²) in [6.45, 7) is 14.2. The minimum absolute atomic E-state index is 0.197. The number of aliphatic hydroxyl groups excluding tert-OH is 1. The zero-order chi connectivity index (χ0) is 25.1. The van der Waals surface area contributed by atoms with E-state index in [0.29, 0.717) is 22.7 Å². The molecule has 1 unspecified atom stereocenters. The molecule has 0 saturated carbocycles. The van der Waals surface area contributed by atoms with E-state index in [1.54, 1.807) is 46.8 Å². The number of aliphatic hydroxyl groups is 1. The zero-order valence-corrected chi connectivity index (χ0v) is 21.1. The first-order valence-electron chi connectivity index (χ1n) is 10.9. The average molecular weight is 472 g/mol. The van der Waals surface area contributed by atoms with Gasteiger partial charge in [0.2, 0.25) is 11.8 Å². The van der Waals surface area contributed by atoms with Gasteiger partial charge in [0, 0.05) is 10.7 Å². The monoisotopic (exact) mass is 471 g/mol. The first kappa shape index (κ1) is 29.7. The SMILES string of the molecule is CC.CCc1cc(CO)c(Cl)cc1NC(=O)CNC(=O)C(NC(=O)OC(C)(C)C)C(C)C. The molecule has 0 radical (unpaired) electrons. The van der Waals surface area contributed by atoms with Crippen LogP contribution in [0, 0.1) is 5.92 Å². The van der Waals surface area contributed by atoms with E-state index in [2.05, 4.69) is 16.0 Å². The Morgan fingerprint density at radius 3 is 2.19 bits per heavy atom. The van der Waals surface area contributed by atoms with Gasteiger partial charge >= 0.3 is 6.09 Å². The van der Waals surface area contributed by atoms with E-state index >= 15 is 0 Å². The Morgan fingerprint density at radius 1 is 1.12 bits per heavy atom. The fraction of sp³-hybridized carbons (Fsp3) is 0.609. The summed E-state index contributed by atoms with van der Waals surface area (Å²) in [6.07, 6.45) is -0.0755. The molecule has 0 saturated heterocycles. The number of halogens is 1. The molecular weight excluding hydrogens is 434 g/mol. The summed E-state index contributed by atoms with van der Waals surface area (Å²) in [4.78, 5) is 36.8. The standard InChI is InChI=1S/C21H32ClN3O5.C2H6/c1-7-13-8-14(11-26)15(22)9-16(13)24-17(27)10-23-19(28)18(12(2)3)25-20(29)30-21(4,5)6;1-2/h8-9,12,18,26H,7,10-11H2,1-6H3,(H,23,28)(H,24,27)(H,25,29);1-2H3. The van der Waals surface area contributed by atoms with Crippen LogP contribution in [0.3, 0.4) is 0 Å². The summed E-state index contributed by atoms with van der Waals surface area (Å²) in [5.41, 5.74) is 1.22. The number of ether oxygens (including phenoxy) is 1. The maximum atomic E-state index is 12.5. The van der Waals surface area contributed by atoms with Gasteiger partial charge in [0.15, 0.2) is 0 Å². The molecular formula is C23H38ClN3O5. The maximum absolute atomic E-state index is 12.5. The Labute approximate surface area is 196 Å². The van der Waals surface area contributed by atoms with Crippen molar-refractivity contribution in [2.75, 3.05) is 11.9 Å². The van der Waals surface area contributed by atoms with E-state index in [4.69, 9.17) is 16.3 Å². The van der Waals surface area contributed by atoms with E-state index in [1.807, 2.05) is 20.8 Å². The van der Waals surface area contributed by atoms with Crippen molar-refractivity contribution >= 4 is 35.2 Å². The number of amides is 3. The molecule has 0 aliphatic heterocycles.